The maximum absolute atomic E-state index is 2.52. The summed E-state index contributed by atoms with van der Waals surface area (Å²) in [5, 5.41) is 8.18. The second-order valence-electron chi connectivity index (χ2n) is 16.0. The van der Waals surface area contributed by atoms with Gasteiger partial charge in [0.15, 0.2) is 0 Å². The Morgan fingerprint density at radius 2 is 1.35 bits per heavy atom. The predicted octanol–water partition coefficient (Wildman–Crippen LogP) is 13.0. The Labute approximate surface area is 284 Å². The van der Waals surface area contributed by atoms with E-state index in [1.165, 1.54) is 77.7 Å². The summed E-state index contributed by atoms with van der Waals surface area (Å²) in [5.41, 5.74) is 14.9. The van der Waals surface area contributed by atoms with Crippen molar-refractivity contribution in [2.24, 2.45) is 17.3 Å². The van der Waals surface area contributed by atoms with Crippen LogP contribution in [0.1, 0.15) is 70.1 Å². The molecule has 5 aliphatic carbocycles. The maximum atomic E-state index is 2.52. The molecule has 2 atom stereocenters. The molecule has 2 unspecified atom stereocenters. The summed E-state index contributed by atoms with van der Waals surface area (Å²) in [5.74, 6) is 1.25. The Balaban J connectivity index is 1.07. The van der Waals surface area contributed by atoms with Crippen LogP contribution in [0.3, 0.4) is 0 Å². The number of allylic oxidation sites excluding steroid dienone is 12. The van der Waals surface area contributed by atoms with E-state index < -0.39 is 0 Å². The monoisotopic (exact) mass is 618 g/mol. The normalized spacial score (nSPS) is 23.1. The van der Waals surface area contributed by atoms with Crippen LogP contribution in [0.15, 0.2) is 144 Å². The van der Waals surface area contributed by atoms with Crippen LogP contribution in [0.5, 0.6) is 0 Å². The van der Waals surface area contributed by atoms with Gasteiger partial charge in [-0.2, -0.15) is 0 Å². The molecule has 1 saturated carbocycles. The largest absolute Gasteiger partial charge is 0.0839 e. The fraction of sp³-hybridized carbons (Fsp3) is 0.250. The first-order valence-corrected chi connectivity index (χ1v) is 18.0. The zero-order chi connectivity index (χ0) is 32.4. The highest BCUT2D eigenvalue weighted by Crippen LogP contribution is 2.60. The molecule has 0 heterocycles. The fourth-order valence-electron chi connectivity index (χ4n) is 10.4. The van der Waals surface area contributed by atoms with E-state index in [0.29, 0.717) is 11.8 Å². The molecule has 0 nitrogen and oxygen atoms in total. The molecular weight excluding hydrogens is 577 g/mol. The summed E-state index contributed by atoms with van der Waals surface area (Å²) >= 11 is 0. The van der Waals surface area contributed by atoms with Crippen LogP contribution < -0.4 is 0 Å². The summed E-state index contributed by atoms with van der Waals surface area (Å²) in [4.78, 5) is 0. The minimum absolute atomic E-state index is 0.0942. The topological polar surface area (TPSA) is 0 Å². The van der Waals surface area contributed by atoms with E-state index >= 15 is 0 Å². The molecule has 234 valence electrons. The van der Waals surface area contributed by atoms with Crippen molar-refractivity contribution in [3.05, 3.63) is 160 Å². The number of fused-ring (bicyclic) bond motifs is 13. The quantitative estimate of drug-likeness (QED) is 0.173. The molecule has 0 aliphatic heterocycles. The lowest BCUT2D eigenvalue weighted by Crippen LogP contribution is -2.27. The minimum Gasteiger partial charge on any atom is -0.0839 e. The molecule has 5 aromatic rings. The van der Waals surface area contributed by atoms with Crippen molar-refractivity contribution in [2.45, 2.75) is 58.8 Å². The molecule has 1 fully saturated rings. The summed E-state index contributed by atoms with van der Waals surface area (Å²) in [6.45, 7) is 9.89. The molecule has 0 aromatic heterocycles. The molecular formula is C48H42. The van der Waals surface area contributed by atoms with Crippen molar-refractivity contribution in [3.63, 3.8) is 0 Å². The van der Waals surface area contributed by atoms with Crippen LogP contribution in [-0.4, -0.2) is 0 Å². The third-order valence-electron chi connectivity index (χ3n) is 12.9. The Hall–Kier alpha value is -4.68. The molecule has 5 aliphatic rings. The standard InChI is InChI=1S/C48H42/c1-47(2)42-19-10-9-17-36(42)37-22-20-32(28-44(37)47)30-13-11-12-29(26-30)31-21-25-43-41(27-31)40-24-23-39-35-16-6-5-14-33(35)34-15-7-8-18-38(34)45(39)46(40)48(43,3)4/h5-10,12,14-18,20-27,42,44H,11,13,19,28H2,1-4H3. The highest BCUT2D eigenvalue weighted by atomic mass is 14.5. The van der Waals surface area contributed by atoms with Crippen molar-refractivity contribution >= 4 is 37.9 Å². The van der Waals surface area contributed by atoms with E-state index in [9.17, 15) is 0 Å². The first kappa shape index (κ1) is 28.3. The van der Waals surface area contributed by atoms with Gasteiger partial charge in [-0.05, 0) is 137 Å². The first-order chi connectivity index (χ1) is 23.3. The van der Waals surface area contributed by atoms with Crippen LogP contribution >= 0.6 is 0 Å². The van der Waals surface area contributed by atoms with E-state index in [1.807, 2.05) is 0 Å². The van der Waals surface area contributed by atoms with E-state index in [0.717, 1.165) is 19.3 Å². The zero-order valence-electron chi connectivity index (χ0n) is 28.5. The molecule has 10 rings (SSSR count). The van der Waals surface area contributed by atoms with Gasteiger partial charge in [0.2, 0.25) is 0 Å². The number of hydrogen-bond donors (Lipinski definition) is 0. The number of rotatable bonds is 2. The third-order valence-corrected chi connectivity index (χ3v) is 12.9. The molecule has 0 amide bonds. The van der Waals surface area contributed by atoms with Gasteiger partial charge in [0.1, 0.15) is 0 Å². The van der Waals surface area contributed by atoms with E-state index in [1.54, 1.807) is 16.7 Å². The van der Waals surface area contributed by atoms with Gasteiger partial charge in [0.05, 0.1) is 0 Å². The molecule has 0 spiro atoms. The van der Waals surface area contributed by atoms with Gasteiger partial charge < -0.3 is 0 Å². The van der Waals surface area contributed by atoms with E-state index in [-0.39, 0.29) is 10.8 Å². The van der Waals surface area contributed by atoms with Gasteiger partial charge >= 0.3 is 0 Å². The molecule has 0 bridgehead atoms. The molecule has 0 N–H and O–H groups in total. The Morgan fingerprint density at radius 1 is 0.646 bits per heavy atom. The van der Waals surface area contributed by atoms with E-state index in [2.05, 4.69) is 149 Å². The Morgan fingerprint density at radius 3 is 2.15 bits per heavy atom. The van der Waals surface area contributed by atoms with E-state index in [4.69, 9.17) is 0 Å². The summed E-state index contributed by atoms with van der Waals surface area (Å²) < 4.78 is 0. The average Bonchev–Trinajstić information content (AvgIpc) is 3.50. The van der Waals surface area contributed by atoms with Crippen molar-refractivity contribution in [2.75, 3.05) is 0 Å². The lowest BCUT2D eigenvalue weighted by molar-refractivity contribution is 0.206. The molecule has 5 aromatic carbocycles. The number of benzene rings is 5. The van der Waals surface area contributed by atoms with Gasteiger partial charge in [-0.15, -0.1) is 0 Å². The Kier molecular flexibility index (Phi) is 5.86. The average molecular weight is 619 g/mol. The zero-order valence-corrected chi connectivity index (χ0v) is 28.5. The van der Waals surface area contributed by atoms with Crippen LogP contribution in [0.2, 0.25) is 0 Å². The van der Waals surface area contributed by atoms with Crippen molar-refractivity contribution in [1.29, 1.82) is 0 Å². The van der Waals surface area contributed by atoms with Crippen molar-refractivity contribution in [1.82, 2.24) is 0 Å². The van der Waals surface area contributed by atoms with Crippen LogP contribution in [0, 0.1) is 17.3 Å². The minimum atomic E-state index is -0.0942. The van der Waals surface area contributed by atoms with Crippen LogP contribution in [0.25, 0.3) is 49.0 Å². The molecule has 0 saturated heterocycles. The van der Waals surface area contributed by atoms with Gasteiger partial charge in [-0.1, -0.05) is 143 Å². The Bertz CT molecular complexity index is 2410. The summed E-state index contributed by atoms with van der Waals surface area (Å²) in [6, 6.07) is 30.1. The van der Waals surface area contributed by atoms with Crippen molar-refractivity contribution < 1.29 is 0 Å². The number of hydrogen-bond acceptors (Lipinski definition) is 0. The lowest BCUT2D eigenvalue weighted by Gasteiger charge is -2.35. The van der Waals surface area contributed by atoms with Crippen LogP contribution in [0.4, 0.5) is 0 Å². The predicted molar refractivity (Wildman–Crippen MR) is 205 cm³/mol. The van der Waals surface area contributed by atoms with Gasteiger partial charge in [-0.25, -0.2) is 0 Å². The first-order valence-electron chi connectivity index (χ1n) is 18.0. The molecule has 48 heavy (non-hydrogen) atoms. The highest BCUT2D eigenvalue weighted by Gasteiger charge is 2.49. The molecule has 0 radical (unpaired) electrons. The van der Waals surface area contributed by atoms with Gasteiger partial charge in [0.25, 0.3) is 0 Å². The highest BCUT2D eigenvalue weighted by molar-refractivity contribution is 6.27. The fourth-order valence-corrected chi connectivity index (χ4v) is 10.4. The molecule has 0 heteroatoms. The van der Waals surface area contributed by atoms with Crippen LogP contribution in [-0.2, 0) is 5.41 Å². The second kappa shape index (κ2) is 9.93. The second-order valence-corrected chi connectivity index (χ2v) is 16.0. The maximum Gasteiger partial charge on any atom is 0.0165 e. The summed E-state index contributed by atoms with van der Waals surface area (Å²) in [7, 11) is 0. The SMILES string of the molecule is CC1(C)c2ccc(C3=CCCC(C4=CC=C5C6=CC=CCC6C(C)(C)C5C4)=C3)cc2-c2ccc3c4ccccc4c4ccccc4c3c21. The van der Waals surface area contributed by atoms with Gasteiger partial charge in [-0.3, -0.25) is 0 Å². The van der Waals surface area contributed by atoms with Gasteiger partial charge in [0, 0.05) is 5.41 Å². The summed E-state index contributed by atoms with van der Waals surface area (Å²) in [6.07, 6.45) is 21.5. The smallest absolute Gasteiger partial charge is 0.0165 e. The van der Waals surface area contributed by atoms with Crippen molar-refractivity contribution in [3.8, 4) is 11.1 Å². The lowest BCUT2D eigenvalue weighted by atomic mass is 9.69. The third kappa shape index (κ3) is 3.78.